The maximum atomic E-state index is 12.2. The number of hydrogen-bond acceptors (Lipinski definition) is 5. The Morgan fingerprint density at radius 3 is 2.68 bits per heavy atom. The number of anilines is 1. The summed E-state index contributed by atoms with van der Waals surface area (Å²) >= 11 is 1.33. The van der Waals surface area contributed by atoms with Gasteiger partial charge in [0.15, 0.2) is 6.61 Å². The Morgan fingerprint density at radius 2 is 1.96 bits per heavy atom. The van der Waals surface area contributed by atoms with Crippen LogP contribution in [0.4, 0.5) is 5.69 Å². The van der Waals surface area contributed by atoms with Crippen molar-refractivity contribution in [3.8, 4) is 0 Å². The maximum absolute atomic E-state index is 12.2. The fraction of sp³-hybridized carbons (Fsp3) is 0.381. The summed E-state index contributed by atoms with van der Waals surface area (Å²) in [5, 5.41) is 7.38. The highest BCUT2D eigenvalue weighted by molar-refractivity contribution is 7.12. The second-order valence-electron chi connectivity index (χ2n) is 6.55. The van der Waals surface area contributed by atoms with Crippen LogP contribution in [0.3, 0.4) is 0 Å². The molecular formula is C21H26N2O4S. The van der Waals surface area contributed by atoms with E-state index in [2.05, 4.69) is 17.6 Å². The van der Waals surface area contributed by atoms with Gasteiger partial charge in [-0.3, -0.25) is 9.59 Å². The van der Waals surface area contributed by atoms with Gasteiger partial charge in [-0.05, 0) is 43.0 Å². The van der Waals surface area contributed by atoms with E-state index in [0.717, 1.165) is 25.7 Å². The molecule has 0 bridgehead atoms. The summed E-state index contributed by atoms with van der Waals surface area (Å²) in [4.78, 5) is 36.8. The van der Waals surface area contributed by atoms with E-state index >= 15 is 0 Å². The van der Waals surface area contributed by atoms with Gasteiger partial charge in [0.1, 0.15) is 0 Å². The van der Waals surface area contributed by atoms with Gasteiger partial charge in [-0.2, -0.15) is 0 Å². The minimum atomic E-state index is -0.610. The SMILES string of the molecule is CCCCC[C@H](C)NC(=O)COC(=O)c1cccc(NC(=O)c2cccs2)c1. The molecule has 28 heavy (non-hydrogen) atoms. The molecule has 0 aliphatic rings. The third-order valence-electron chi connectivity index (χ3n) is 4.08. The van der Waals surface area contributed by atoms with Crippen LogP contribution in [0, 0.1) is 0 Å². The molecule has 0 saturated heterocycles. The third kappa shape index (κ3) is 7.15. The zero-order valence-corrected chi connectivity index (χ0v) is 17.0. The Kier molecular flexibility index (Phi) is 8.68. The smallest absolute Gasteiger partial charge is 0.338 e. The zero-order chi connectivity index (χ0) is 20.4. The minimum absolute atomic E-state index is 0.0496. The first-order valence-electron chi connectivity index (χ1n) is 9.41. The number of nitrogens with one attached hydrogen (secondary N) is 2. The van der Waals surface area contributed by atoms with Crippen molar-refractivity contribution in [1.82, 2.24) is 5.32 Å². The van der Waals surface area contributed by atoms with Gasteiger partial charge in [-0.1, -0.05) is 38.3 Å². The van der Waals surface area contributed by atoms with Crippen LogP contribution >= 0.6 is 11.3 Å². The van der Waals surface area contributed by atoms with Gasteiger partial charge in [0.25, 0.3) is 11.8 Å². The van der Waals surface area contributed by atoms with E-state index in [1.54, 1.807) is 30.3 Å². The Balaban J connectivity index is 1.82. The number of amides is 2. The monoisotopic (exact) mass is 402 g/mol. The molecule has 2 N–H and O–H groups in total. The second-order valence-corrected chi connectivity index (χ2v) is 7.50. The van der Waals surface area contributed by atoms with Gasteiger partial charge >= 0.3 is 5.97 Å². The molecule has 2 rings (SSSR count). The van der Waals surface area contributed by atoms with Gasteiger partial charge in [0.2, 0.25) is 0 Å². The molecule has 0 fully saturated rings. The molecule has 1 aromatic heterocycles. The highest BCUT2D eigenvalue weighted by Crippen LogP contribution is 2.15. The molecule has 7 heteroatoms. The molecule has 0 spiro atoms. The first-order chi connectivity index (χ1) is 13.5. The Bertz CT molecular complexity index is 789. The van der Waals surface area contributed by atoms with Crippen molar-refractivity contribution in [3.63, 3.8) is 0 Å². The molecule has 6 nitrogen and oxygen atoms in total. The number of thiophene rings is 1. The molecule has 150 valence electrons. The number of hydrogen-bond donors (Lipinski definition) is 2. The number of carbonyl (C=O) groups excluding carboxylic acids is 3. The van der Waals surface area contributed by atoms with Crippen LogP contribution in [0.1, 0.15) is 59.6 Å². The van der Waals surface area contributed by atoms with Crippen molar-refractivity contribution in [2.45, 2.75) is 45.6 Å². The predicted octanol–water partition coefficient (Wildman–Crippen LogP) is 4.24. The quantitative estimate of drug-likeness (QED) is 0.460. The molecule has 0 aliphatic heterocycles. The molecule has 0 unspecified atom stereocenters. The number of unbranched alkanes of at least 4 members (excludes halogenated alkanes) is 2. The highest BCUT2D eigenvalue weighted by Gasteiger charge is 2.13. The van der Waals surface area contributed by atoms with E-state index in [9.17, 15) is 14.4 Å². The second kappa shape index (κ2) is 11.2. The molecule has 2 amide bonds. The van der Waals surface area contributed by atoms with Crippen molar-refractivity contribution in [2.75, 3.05) is 11.9 Å². The Morgan fingerprint density at radius 1 is 1.14 bits per heavy atom. The molecular weight excluding hydrogens is 376 g/mol. The van der Waals surface area contributed by atoms with Gasteiger partial charge in [-0.15, -0.1) is 11.3 Å². The normalized spacial score (nSPS) is 11.5. The lowest BCUT2D eigenvalue weighted by Gasteiger charge is -2.13. The molecule has 0 radical (unpaired) electrons. The zero-order valence-electron chi connectivity index (χ0n) is 16.2. The first-order valence-corrected chi connectivity index (χ1v) is 10.3. The topological polar surface area (TPSA) is 84.5 Å². The van der Waals surface area contributed by atoms with Crippen LogP contribution in [0.15, 0.2) is 41.8 Å². The first kappa shape index (κ1) is 21.6. The van der Waals surface area contributed by atoms with Crippen LogP contribution in [-0.4, -0.2) is 30.4 Å². The lowest BCUT2D eigenvalue weighted by molar-refractivity contribution is -0.124. The number of carbonyl (C=O) groups is 3. The fourth-order valence-electron chi connectivity index (χ4n) is 2.63. The van der Waals surface area contributed by atoms with Gasteiger partial charge < -0.3 is 15.4 Å². The van der Waals surface area contributed by atoms with Crippen molar-refractivity contribution < 1.29 is 19.1 Å². The molecule has 1 aromatic carbocycles. The maximum Gasteiger partial charge on any atom is 0.338 e. The number of ether oxygens (including phenoxy) is 1. The van der Waals surface area contributed by atoms with E-state index in [1.807, 2.05) is 12.3 Å². The summed E-state index contributed by atoms with van der Waals surface area (Å²) in [6.07, 6.45) is 4.22. The van der Waals surface area contributed by atoms with Crippen LogP contribution in [0.2, 0.25) is 0 Å². The van der Waals surface area contributed by atoms with Crippen LogP contribution in [0.5, 0.6) is 0 Å². The average Bonchev–Trinajstić information content (AvgIpc) is 3.21. The van der Waals surface area contributed by atoms with Gasteiger partial charge in [-0.25, -0.2) is 4.79 Å². The standard InChI is InChI=1S/C21H26N2O4S/c1-3-4-5-8-15(2)22-19(24)14-27-21(26)16-9-6-10-17(13-16)23-20(25)18-11-7-12-28-18/h6-7,9-13,15H,3-5,8,14H2,1-2H3,(H,22,24)(H,23,25)/t15-/m0/s1. The van der Waals surface area contributed by atoms with Gasteiger partial charge in [0, 0.05) is 11.7 Å². The van der Waals surface area contributed by atoms with E-state index < -0.39 is 5.97 Å². The summed E-state index contributed by atoms with van der Waals surface area (Å²) in [6.45, 7) is 3.74. The van der Waals surface area contributed by atoms with Crippen LogP contribution in [0.25, 0.3) is 0 Å². The lowest BCUT2D eigenvalue weighted by atomic mass is 10.1. The van der Waals surface area contributed by atoms with Crippen molar-refractivity contribution in [3.05, 3.63) is 52.2 Å². The number of rotatable bonds is 10. The molecule has 2 aromatic rings. The molecule has 0 aliphatic carbocycles. The summed E-state index contributed by atoms with van der Waals surface area (Å²) in [7, 11) is 0. The van der Waals surface area contributed by atoms with E-state index in [1.165, 1.54) is 17.4 Å². The lowest BCUT2D eigenvalue weighted by Crippen LogP contribution is -2.35. The van der Waals surface area contributed by atoms with E-state index in [-0.39, 0.29) is 30.0 Å². The van der Waals surface area contributed by atoms with E-state index in [0.29, 0.717) is 10.6 Å². The minimum Gasteiger partial charge on any atom is -0.452 e. The molecule has 1 heterocycles. The van der Waals surface area contributed by atoms with Crippen molar-refractivity contribution >= 4 is 34.8 Å². The summed E-state index contributed by atoms with van der Waals surface area (Å²) < 4.78 is 5.09. The third-order valence-corrected chi connectivity index (χ3v) is 4.95. The van der Waals surface area contributed by atoms with Crippen molar-refractivity contribution in [1.29, 1.82) is 0 Å². The summed E-state index contributed by atoms with van der Waals surface area (Å²) in [5.41, 5.74) is 0.759. The summed E-state index contributed by atoms with van der Waals surface area (Å²) in [5.74, 6) is -1.17. The number of benzene rings is 1. The predicted molar refractivity (Wildman–Crippen MR) is 111 cm³/mol. The van der Waals surface area contributed by atoms with Crippen LogP contribution in [-0.2, 0) is 9.53 Å². The van der Waals surface area contributed by atoms with E-state index in [4.69, 9.17) is 4.74 Å². The fourth-order valence-corrected chi connectivity index (χ4v) is 3.25. The Hall–Kier alpha value is -2.67. The summed E-state index contributed by atoms with van der Waals surface area (Å²) in [6, 6.07) is 10.0. The van der Waals surface area contributed by atoms with Crippen molar-refractivity contribution in [2.24, 2.45) is 0 Å². The van der Waals surface area contributed by atoms with Crippen LogP contribution < -0.4 is 10.6 Å². The molecule has 0 saturated carbocycles. The molecule has 1 atom stereocenters. The Labute approximate surface area is 169 Å². The average molecular weight is 403 g/mol. The van der Waals surface area contributed by atoms with Gasteiger partial charge in [0.05, 0.1) is 10.4 Å². The highest BCUT2D eigenvalue weighted by atomic mass is 32.1. The largest absolute Gasteiger partial charge is 0.452 e. The number of esters is 1.